The molecule has 0 atom stereocenters. The molecule has 3 N–H and O–H groups in total. The number of benzene rings is 1. The summed E-state index contributed by atoms with van der Waals surface area (Å²) >= 11 is 0. The zero-order valence-corrected chi connectivity index (χ0v) is 7.51. The number of hydrogen-bond donors (Lipinski definition) is 2. The summed E-state index contributed by atoms with van der Waals surface area (Å²) in [5.41, 5.74) is 3.08. The number of hydrogen-bond acceptors (Lipinski definition) is 3. The van der Waals surface area contributed by atoms with Crippen LogP contribution in [-0.2, 0) is 0 Å². The van der Waals surface area contributed by atoms with E-state index in [0.29, 0.717) is 12.1 Å². The molecule has 0 saturated heterocycles. The van der Waals surface area contributed by atoms with Crippen LogP contribution in [0.4, 0.5) is 23.2 Å². The highest BCUT2D eigenvalue weighted by Gasteiger charge is 2.33. The maximum atomic E-state index is 12.9. The predicted octanol–water partition coefficient (Wildman–Crippen LogP) is 2.00. The normalized spacial score (nSPS) is 11.2. The van der Waals surface area contributed by atoms with Gasteiger partial charge in [-0.05, 0) is 12.1 Å². The maximum absolute atomic E-state index is 12.9. The van der Waals surface area contributed by atoms with Crippen LogP contribution in [0.1, 0.15) is 10.4 Å². The molecule has 0 aromatic heterocycles. The van der Waals surface area contributed by atoms with E-state index in [1.165, 1.54) is 0 Å². The van der Waals surface area contributed by atoms with Crippen LogP contribution in [-0.4, -0.2) is 17.4 Å². The number of carboxylic acids is 1. The highest BCUT2D eigenvalue weighted by atomic mass is 19.4. The number of nitrogen functional groups attached to an aromatic ring is 1. The van der Waals surface area contributed by atoms with Crippen LogP contribution in [0, 0.1) is 5.82 Å². The molecule has 0 aliphatic rings. The molecule has 0 aliphatic heterocycles. The summed E-state index contributed by atoms with van der Waals surface area (Å²) in [6, 6.07) is 1.13. The number of alkyl halides is 3. The van der Waals surface area contributed by atoms with E-state index in [-0.39, 0.29) is 0 Å². The Hall–Kier alpha value is -1.99. The van der Waals surface area contributed by atoms with Gasteiger partial charge >= 0.3 is 12.3 Å². The van der Waals surface area contributed by atoms with Gasteiger partial charge in [-0.3, -0.25) is 0 Å². The fraction of sp³-hybridized carbons (Fsp3) is 0.125. The van der Waals surface area contributed by atoms with Gasteiger partial charge in [-0.2, -0.15) is 0 Å². The lowest BCUT2D eigenvalue weighted by atomic mass is 10.1. The van der Waals surface area contributed by atoms with Gasteiger partial charge in [0.25, 0.3) is 0 Å². The molecule has 1 aromatic rings. The summed E-state index contributed by atoms with van der Waals surface area (Å²) in [6.45, 7) is 0. The smallest absolute Gasteiger partial charge is 0.478 e. The van der Waals surface area contributed by atoms with Crippen LogP contribution in [0.2, 0.25) is 0 Å². The quantitative estimate of drug-likeness (QED) is 0.611. The standard InChI is InChI=1S/C8H5F4NO3/c9-3-1-2-4(16-8(10,11)12)6(13)5(3)7(14)15/h1-2H,13H2,(H,14,15). The molecule has 0 fully saturated rings. The van der Waals surface area contributed by atoms with Gasteiger partial charge in [-0.15, -0.1) is 13.2 Å². The van der Waals surface area contributed by atoms with Crippen molar-refractivity contribution >= 4 is 11.7 Å². The van der Waals surface area contributed by atoms with Crippen molar-refractivity contribution < 1.29 is 32.2 Å². The molecule has 0 aliphatic carbocycles. The van der Waals surface area contributed by atoms with E-state index in [9.17, 15) is 22.4 Å². The molecule has 0 bridgehead atoms. The monoisotopic (exact) mass is 239 g/mol. The molecule has 0 spiro atoms. The van der Waals surface area contributed by atoms with Crippen molar-refractivity contribution in [1.29, 1.82) is 0 Å². The molecule has 0 unspecified atom stereocenters. The van der Waals surface area contributed by atoms with E-state index < -0.39 is 35.1 Å². The van der Waals surface area contributed by atoms with Gasteiger partial charge in [-0.1, -0.05) is 0 Å². The number of rotatable bonds is 2. The van der Waals surface area contributed by atoms with E-state index in [0.717, 1.165) is 0 Å². The van der Waals surface area contributed by atoms with Gasteiger partial charge in [0, 0.05) is 0 Å². The third kappa shape index (κ3) is 2.53. The Kier molecular flexibility index (Phi) is 2.92. The molecular weight excluding hydrogens is 234 g/mol. The average molecular weight is 239 g/mol. The van der Waals surface area contributed by atoms with Gasteiger partial charge in [0.15, 0.2) is 5.75 Å². The first-order valence-electron chi connectivity index (χ1n) is 3.79. The maximum Gasteiger partial charge on any atom is 0.573 e. The number of carboxylic acid groups (broad SMARTS) is 1. The molecule has 8 heteroatoms. The lowest BCUT2D eigenvalue weighted by Gasteiger charge is -2.12. The summed E-state index contributed by atoms with van der Waals surface area (Å²) in [5.74, 6) is -3.96. The second-order valence-electron chi connectivity index (χ2n) is 2.69. The molecule has 1 aromatic carbocycles. The van der Waals surface area contributed by atoms with E-state index >= 15 is 0 Å². The SMILES string of the molecule is Nc1c(OC(F)(F)F)ccc(F)c1C(=O)O. The molecule has 1 rings (SSSR count). The number of halogens is 4. The van der Waals surface area contributed by atoms with Crippen LogP contribution < -0.4 is 10.5 Å². The van der Waals surface area contributed by atoms with Crippen LogP contribution in [0.15, 0.2) is 12.1 Å². The van der Waals surface area contributed by atoms with Crippen LogP contribution in [0.3, 0.4) is 0 Å². The largest absolute Gasteiger partial charge is 0.573 e. The van der Waals surface area contributed by atoms with Crippen LogP contribution >= 0.6 is 0 Å². The second-order valence-corrected chi connectivity index (χ2v) is 2.69. The summed E-state index contributed by atoms with van der Waals surface area (Å²) < 4.78 is 51.8. The highest BCUT2D eigenvalue weighted by molar-refractivity contribution is 5.95. The van der Waals surface area contributed by atoms with Crippen molar-refractivity contribution in [3.63, 3.8) is 0 Å². The van der Waals surface area contributed by atoms with Crippen molar-refractivity contribution in [3.8, 4) is 5.75 Å². The van der Waals surface area contributed by atoms with Gasteiger partial charge in [-0.25, -0.2) is 9.18 Å². The first kappa shape index (κ1) is 12.1. The fourth-order valence-electron chi connectivity index (χ4n) is 1.00. The average Bonchev–Trinajstić information content (AvgIpc) is 2.07. The topological polar surface area (TPSA) is 72.5 Å². The predicted molar refractivity (Wildman–Crippen MR) is 44.5 cm³/mol. The molecule has 0 amide bonds. The van der Waals surface area contributed by atoms with Crippen LogP contribution in [0.25, 0.3) is 0 Å². The number of ether oxygens (including phenoxy) is 1. The van der Waals surface area contributed by atoms with E-state index in [4.69, 9.17) is 10.8 Å². The Morgan fingerprint density at radius 2 is 1.94 bits per heavy atom. The lowest BCUT2D eigenvalue weighted by molar-refractivity contribution is -0.274. The first-order valence-corrected chi connectivity index (χ1v) is 3.79. The number of anilines is 1. The Labute approximate surface area is 86.2 Å². The molecule has 0 radical (unpaired) electrons. The van der Waals surface area contributed by atoms with Gasteiger partial charge < -0.3 is 15.6 Å². The van der Waals surface area contributed by atoms with Gasteiger partial charge in [0.2, 0.25) is 0 Å². The first-order chi connectivity index (χ1) is 7.22. The Balaban J connectivity index is 3.24. The summed E-state index contributed by atoms with van der Waals surface area (Å²) in [6.07, 6.45) is -5.03. The van der Waals surface area contributed by atoms with Crippen molar-refractivity contribution in [2.75, 3.05) is 5.73 Å². The van der Waals surface area contributed by atoms with E-state index in [1.54, 1.807) is 0 Å². The van der Waals surface area contributed by atoms with Crippen molar-refractivity contribution in [3.05, 3.63) is 23.5 Å². The minimum atomic E-state index is -5.03. The Morgan fingerprint density at radius 1 is 1.38 bits per heavy atom. The molecular formula is C8H5F4NO3. The lowest BCUT2D eigenvalue weighted by Crippen LogP contribution is -2.19. The fourth-order valence-corrected chi connectivity index (χ4v) is 1.00. The number of carbonyl (C=O) groups is 1. The molecule has 16 heavy (non-hydrogen) atoms. The van der Waals surface area contributed by atoms with Crippen molar-refractivity contribution in [1.82, 2.24) is 0 Å². The zero-order chi connectivity index (χ0) is 12.5. The number of nitrogens with two attached hydrogens (primary N) is 1. The molecule has 88 valence electrons. The summed E-state index contributed by atoms with van der Waals surface area (Å²) in [4.78, 5) is 10.5. The number of aromatic carboxylic acids is 1. The highest BCUT2D eigenvalue weighted by Crippen LogP contribution is 2.32. The third-order valence-electron chi connectivity index (χ3n) is 1.59. The van der Waals surface area contributed by atoms with Crippen molar-refractivity contribution in [2.24, 2.45) is 0 Å². The Bertz CT molecular complexity index is 430. The minimum absolute atomic E-state index is 0.529. The Morgan fingerprint density at radius 3 is 2.38 bits per heavy atom. The van der Waals surface area contributed by atoms with Crippen molar-refractivity contribution in [2.45, 2.75) is 6.36 Å². The van der Waals surface area contributed by atoms with E-state index in [2.05, 4.69) is 4.74 Å². The third-order valence-corrected chi connectivity index (χ3v) is 1.59. The minimum Gasteiger partial charge on any atom is -0.478 e. The molecule has 4 nitrogen and oxygen atoms in total. The summed E-state index contributed by atoms with van der Waals surface area (Å²) in [5, 5.41) is 8.51. The van der Waals surface area contributed by atoms with Crippen LogP contribution in [0.5, 0.6) is 5.75 Å². The molecule has 0 saturated carbocycles. The zero-order valence-electron chi connectivity index (χ0n) is 7.51. The second kappa shape index (κ2) is 3.87. The van der Waals surface area contributed by atoms with Gasteiger partial charge in [0.1, 0.15) is 11.4 Å². The summed E-state index contributed by atoms with van der Waals surface area (Å²) in [7, 11) is 0. The van der Waals surface area contributed by atoms with E-state index in [1.807, 2.05) is 0 Å². The molecule has 0 heterocycles. The van der Waals surface area contributed by atoms with Gasteiger partial charge in [0.05, 0.1) is 5.69 Å².